The summed E-state index contributed by atoms with van der Waals surface area (Å²) in [5.41, 5.74) is 8.88. The molecule has 1 spiro atoms. The summed E-state index contributed by atoms with van der Waals surface area (Å²) in [5.74, 6) is 0. The van der Waals surface area contributed by atoms with Crippen LogP contribution < -0.4 is 10.3 Å². The van der Waals surface area contributed by atoms with Gasteiger partial charge >= 0.3 is 0 Å². The molecule has 4 heteroatoms. The second-order valence-electron chi connectivity index (χ2n) is 10.8. The van der Waals surface area contributed by atoms with E-state index in [4.69, 9.17) is 4.42 Å². The van der Waals surface area contributed by atoms with Gasteiger partial charge in [0.2, 0.25) is 5.43 Å². The third-order valence-electron chi connectivity index (χ3n) is 8.72. The highest BCUT2D eigenvalue weighted by Crippen LogP contribution is 2.62. The molecule has 0 unspecified atom stereocenters. The van der Waals surface area contributed by atoms with Crippen molar-refractivity contribution in [1.29, 1.82) is 0 Å². The second kappa shape index (κ2) is 8.72. The lowest BCUT2D eigenvalue weighted by Crippen LogP contribution is -2.39. The highest BCUT2D eigenvalue weighted by molar-refractivity contribution is 7.99. The lowest BCUT2D eigenvalue weighted by Gasteiger charge is -2.48. The first kappa shape index (κ1) is 23.6. The van der Waals surface area contributed by atoms with Crippen molar-refractivity contribution in [1.82, 2.24) is 0 Å². The van der Waals surface area contributed by atoms with E-state index in [1.807, 2.05) is 54.2 Å². The predicted molar refractivity (Wildman–Crippen MR) is 171 cm³/mol. The van der Waals surface area contributed by atoms with Crippen molar-refractivity contribution in [2.45, 2.75) is 15.2 Å². The molecule has 0 atom stereocenters. The summed E-state index contributed by atoms with van der Waals surface area (Å²) in [6, 6.07) is 48.5. The van der Waals surface area contributed by atoms with Crippen LogP contribution >= 0.6 is 11.8 Å². The van der Waals surface area contributed by atoms with Crippen molar-refractivity contribution < 1.29 is 4.42 Å². The summed E-state index contributed by atoms with van der Waals surface area (Å²) < 4.78 is 6.31. The maximum Gasteiger partial charge on any atom is 0.200 e. The van der Waals surface area contributed by atoms with Crippen molar-refractivity contribution in [2.75, 3.05) is 4.90 Å². The third kappa shape index (κ3) is 3.05. The Hall–Kier alpha value is -5.06. The summed E-state index contributed by atoms with van der Waals surface area (Å²) in [4.78, 5) is 18.2. The van der Waals surface area contributed by atoms with E-state index in [1.54, 1.807) is 0 Å². The maximum atomic E-state index is 13.3. The number of hydrogen-bond donors (Lipinski definition) is 0. The topological polar surface area (TPSA) is 33.5 Å². The first-order valence-electron chi connectivity index (χ1n) is 14.1. The zero-order valence-corrected chi connectivity index (χ0v) is 23.3. The molecule has 0 N–H and O–H groups in total. The SMILES string of the molecule is O=c1c2ccccc2oc2cc(N3c4ccccc4C4(c5ccccc5Sc5ccccc54)c4ccccc43)ccc12. The van der Waals surface area contributed by atoms with E-state index in [0.29, 0.717) is 21.9 Å². The van der Waals surface area contributed by atoms with Gasteiger partial charge in [0, 0.05) is 21.5 Å². The van der Waals surface area contributed by atoms with E-state index in [-0.39, 0.29) is 5.43 Å². The van der Waals surface area contributed by atoms with E-state index in [0.717, 1.165) is 17.1 Å². The van der Waals surface area contributed by atoms with E-state index >= 15 is 0 Å². The Labute approximate surface area is 246 Å². The quantitative estimate of drug-likeness (QED) is 0.188. The van der Waals surface area contributed by atoms with Crippen LogP contribution in [0.5, 0.6) is 0 Å². The Morgan fingerprint density at radius 3 is 1.71 bits per heavy atom. The van der Waals surface area contributed by atoms with Crippen LogP contribution in [0.3, 0.4) is 0 Å². The van der Waals surface area contributed by atoms with Crippen LogP contribution in [0.2, 0.25) is 0 Å². The molecule has 198 valence electrons. The van der Waals surface area contributed by atoms with Crippen LogP contribution in [0.25, 0.3) is 21.9 Å². The van der Waals surface area contributed by atoms with Gasteiger partial charge in [-0.25, -0.2) is 0 Å². The Morgan fingerprint density at radius 2 is 1.05 bits per heavy atom. The molecular formula is C38H23NO2S. The fourth-order valence-corrected chi connectivity index (χ4v) is 8.22. The van der Waals surface area contributed by atoms with Crippen molar-refractivity contribution >= 4 is 50.8 Å². The first-order chi connectivity index (χ1) is 20.7. The molecule has 6 aromatic carbocycles. The van der Waals surface area contributed by atoms with Gasteiger partial charge in [-0.15, -0.1) is 0 Å². The molecule has 1 aromatic heterocycles. The predicted octanol–water partition coefficient (Wildman–Crippen LogP) is 9.58. The zero-order chi connectivity index (χ0) is 27.8. The van der Waals surface area contributed by atoms with Crippen LogP contribution in [0.4, 0.5) is 17.1 Å². The first-order valence-corrected chi connectivity index (χ1v) is 14.9. The van der Waals surface area contributed by atoms with Crippen molar-refractivity contribution in [3.63, 3.8) is 0 Å². The molecule has 0 bridgehead atoms. The van der Waals surface area contributed by atoms with Gasteiger partial charge in [-0.1, -0.05) is 96.7 Å². The van der Waals surface area contributed by atoms with Gasteiger partial charge in [0.25, 0.3) is 0 Å². The number of rotatable bonds is 1. The molecule has 9 rings (SSSR count). The lowest BCUT2D eigenvalue weighted by atomic mass is 9.62. The van der Waals surface area contributed by atoms with E-state index in [1.165, 1.54) is 32.0 Å². The summed E-state index contributed by atoms with van der Waals surface area (Å²) in [5, 5.41) is 1.18. The molecule has 0 aliphatic carbocycles. The Kier molecular flexibility index (Phi) is 4.90. The highest BCUT2D eigenvalue weighted by atomic mass is 32.2. The number of benzene rings is 6. The molecule has 0 saturated heterocycles. The van der Waals surface area contributed by atoms with Gasteiger partial charge in [0.05, 0.1) is 27.6 Å². The molecule has 2 aliphatic heterocycles. The molecule has 0 radical (unpaired) electrons. The van der Waals surface area contributed by atoms with Crippen LogP contribution in [-0.2, 0) is 5.41 Å². The zero-order valence-electron chi connectivity index (χ0n) is 22.5. The van der Waals surface area contributed by atoms with Gasteiger partial charge in [-0.05, 0) is 70.8 Å². The minimum absolute atomic E-state index is 0.00952. The molecule has 0 amide bonds. The fraction of sp³-hybridized carbons (Fsp3) is 0.0263. The Morgan fingerprint density at radius 1 is 0.524 bits per heavy atom. The monoisotopic (exact) mass is 557 g/mol. The second-order valence-corrected chi connectivity index (χ2v) is 11.9. The largest absolute Gasteiger partial charge is 0.456 e. The third-order valence-corrected chi connectivity index (χ3v) is 9.87. The Balaban J connectivity index is 1.37. The van der Waals surface area contributed by atoms with Gasteiger partial charge in [0.15, 0.2) is 0 Å². The molecule has 7 aromatic rings. The lowest BCUT2D eigenvalue weighted by molar-refractivity contribution is 0.660. The standard InChI is InChI=1S/C38H23NO2S/c40-37-25-11-1-8-18-33(25)41-34-23-24(21-22-26(34)37)39-31-16-6-2-12-27(31)38(28-13-3-7-17-32(28)39)29-14-4-9-19-35(29)42-36-20-10-5-15-30(36)38/h1-23H. The molecule has 3 heterocycles. The average Bonchev–Trinajstić information content (AvgIpc) is 3.05. The van der Waals surface area contributed by atoms with Crippen molar-refractivity contribution in [3.8, 4) is 0 Å². The minimum Gasteiger partial charge on any atom is -0.456 e. The normalized spacial score (nSPS) is 14.3. The van der Waals surface area contributed by atoms with Crippen LogP contribution in [0, 0.1) is 0 Å². The summed E-state index contributed by atoms with van der Waals surface area (Å²) in [6.45, 7) is 0. The maximum absolute atomic E-state index is 13.3. The van der Waals surface area contributed by atoms with Crippen molar-refractivity contribution in [2.24, 2.45) is 0 Å². The van der Waals surface area contributed by atoms with Gasteiger partial charge in [0.1, 0.15) is 11.2 Å². The van der Waals surface area contributed by atoms with Crippen LogP contribution in [-0.4, -0.2) is 0 Å². The summed E-state index contributed by atoms with van der Waals surface area (Å²) in [6.07, 6.45) is 0. The van der Waals surface area contributed by atoms with Gasteiger partial charge in [-0.3, -0.25) is 4.79 Å². The summed E-state index contributed by atoms with van der Waals surface area (Å²) in [7, 11) is 0. The van der Waals surface area contributed by atoms with Crippen LogP contribution in [0.15, 0.2) is 159 Å². The van der Waals surface area contributed by atoms with E-state index in [9.17, 15) is 4.79 Å². The number of anilines is 3. The van der Waals surface area contributed by atoms with Gasteiger partial charge in [-0.2, -0.15) is 0 Å². The minimum atomic E-state index is -0.484. The van der Waals surface area contributed by atoms with Gasteiger partial charge < -0.3 is 9.32 Å². The molecule has 0 saturated carbocycles. The number of hydrogen-bond acceptors (Lipinski definition) is 4. The molecule has 2 aliphatic rings. The Bertz CT molecular complexity index is 2190. The molecule has 42 heavy (non-hydrogen) atoms. The molecular weight excluding hydrogens is 534 g/mol. The van der Waals surface area contributed by atoms with Crippen molar-refractivity contribution in [3.05, 3.63) is 172 Å². The smallest absolute Gasteiger partial charge is 0.200 e. The fourth-order valence-electron chi connectivity index (χ4n) is 7.03. The number of para-hydroxylation sites is 3. The van der Waals surface area contributed by atoms with Crippen LogP contribution in [0.1, 0.15) is 22.3 Å². The number of nitrogens with zero attached hydrogens (tertiary/aromatic N) is 1. The average molecular weight is 558 g/mol. The molecule has 3 nitrogen and oxygen atoms in total. The number of fused-ring (bicyclic) bond motifs is 10. The molecule has 0 fully saturated rings. The van der Waals surface area contributed by atoms with E-state index < -0.39 is 5.41 Å². The van der Waals surface area contributed by atoms with E-state index in [2.05, 4.69) is 102 Å². The summed E-state index contributed by atoms with van der Waals surface area (Å²) >= 11 is 1.84. The highest BCUT2D eigenvalue weighted by Gasteiger charge is 2.50.